The fourth-order valence-corrected chi connectivity index (χ4v) is 10.3. The molecule has 8 nitrogen and oxygen atoms in total. The molecular weight excluding hydrogens is 873 g/mol. The Morgan fingerprint density at radius 1 is 0.529 bits per heavy atom. The number of carbonyl (C=O) groups excluding carboxylic acids is 2. The zero-order valence-corrected chi connectivity index (χ0v) is 46.4. The van der Waals surface area contributed by atoms with Gasteiger partial charge in [-0.3, -0.25) is 9.59 Å². The van der Waals surface area contributed by atoms with Crippen LogP contribution < -0.4 is 4.74 Å². The maximum atomic E-state index is 12.1. The molecule has 2 N–H and O–H groups in total. The number of esters is 2. The highest BCUT2D eigenvalue weighted by molar-refractivity contribution is 5.73. The van der Waals surface area contributed by atoms with Crippen LogP contribution in [0.3, 0.4) is 0 Å². The lowest BCUT2D eigenvalue weighted by Crippen LogP contribution is -2.58. The van der Waals surface area contributed by atoms with Gasteiger partial charge in [0.1, 0.15) is 28.5 Å². The summed E-state index contributed by atoms with van der Waals surface area (Å²) < 4.78 is 22.5. The van der Waals surface area contributed by atoms with Crippen molar-refractivity contribution in [1.29, 1.82) is 0 Å². The number of hydrogen-bond acceptors (Lipinski definition) is 8. The largest absolute Gasteiger partial charge is 0.508 e. The van der Waals surface area contributed by atoms with E-state index in [4.69, 9.17) is 29.2 Å². The molecule has 0 spiro atoms. The molecule has 3 aromatic carbocycles. The van der Waals surface area contributed by atoms with E-state index in [9.17, 15) is 9.59 Å². The number of phenolic OH excluding ortho intramolecular Hbond substituents is 2. The first-order valence-electron chi connectivity index (χ1n) is 27.7. The highest BCUT2D eigenvalue weighted by atomic mass is 16.7. The first kappa shape index (κ1) is 60.3. The monoisotopic (exact) mass is 971 g/mol. The summed E-state index contributed by atoms with van der Waals surface area (Å²) in [4.78, 5) is 23.8. The molecule has 0 saturated heterocycles. The Bertz CT molecular complexity index is 1820. The molecule has 4 bridgehead atoms. The molecule has 8 heteroatoms. The van der Waals surface area contributed by atoms with Gasteiger partial charge in [-0.1, -0.05) is 112 Å². The van der Waals surface area contributed by atoms with Gasteiger partial charge in [-0.2, -0.15) is 0 Å². The van der Waals surface area contributed by atoms with Crippen LogP contribution in [0.2, 0.25) is 0 Å². The van der Waals surface area contributed by atoms with E-state index in [1.807, 2.05) is 71.0 Å². The van der Waals surface area contributed by atoms with Crippen molar-refractivity contribution in [3.8, 4) is 17.2 Å². The fourth-order valence-electron chi connectivity index (χ4n) is 10.3. The summed E-state index contributed by atoms with van der Waals surface area (Å²) >= 11 is 0. The zero-order valence-electron chi connectivity index (χ0n) is 46.4. The number of ether oxygens (including phenoxy) is 4. The summed E-state index contributed by atoms with van der Waals surface area (Å²) in [6.45, 7) is 30.0. The van der Waals surface area contributed by atoms with Crippen LogP contribution in [-0.4, -0.2) is 46.3 Å². The molecule has 0 amide bonds. The second kappa shape index (κ2) is 30.1. The molecule has 394 valence electrons. The van der Waals surface area contributed by atoms with Crippen LogP contribution in [0.5, 0.6) is 17.2 Å². The van der Waals surface area contributed by atoms with E-state index < -0.39 is 0 Å². The Morgan fingerprint density at radius 3 is 1.26 bits per heavy atom. The van der Waals surface area contributed by atoms with E-state index in [0.717, 1.165) is 62.5 Å². The fraction of sp³-hybridized carbons (Fsp3) is 0.677. The summed E-state index contributed by atoms with van der Waals surface area (Å²) in [6.07, 6.45) is 17.4. The number of rotatable bonds is 16. The summed E-state index contributed by atoms with van der Waals surface area (Å²) in [6, 6.07) is 23.1. The normalized spacial score (nSPS) is 24.0. The number of hydrogen-bond donors (Lipinski definition) is 2. The maximum Gasteiger partial charge on any atom is 0.309 e. The van der Waals surface area contributed by atoms with Crippen LogP contribution in [0.1, 0.15) is 228 Å². The molecule has 0 radical (unpaired) electrons. The molecule has 5 aliphatic rings. The third kappa shape index (κ3) is 19.2. The van der Waals surface area contributed by atoms with Gasteiger partial charge in [0.05, 0.1) is 11.8 Å². The smallest absolute Gasteiger partial charge is 0.309 e. The third-order valence-electron chi connectivity index (χ3n) is 16.3. The Morgan fingerprint density at radius 2 is 0.900 bits per heavy atom. The first-order chi connectivity index (χ1) is 33.2. The van der Waals surface area contributed by atoms with Crippen LogP contribution >= 0.6 is 0 Å². The number of aromatic hydroxyl groups is 2. The molecule has 6 unspecified atom stereocenters. The third-order valence-corrected chi connectivity index (χ3v) is 16.3. The predicted octanol–water partition coefficient (Wildman–Crippen LogP) is 16.9. The zero-order chi connectivity index (χ0) is 52.0. The minimum Gasteiger partial charge on any atom is -0.508 e. The summed E-state index contributed by atoms with van der Waals surface area (Å²) in [7, 11) is 0. The Labute approximate surface area is 426 Å². The van der Waals surface area contributed by atoms with Crippen molar-refractivity contribution in [3.05, 3.63) is 89.5 Å². The van der Waals surface area contributed by atoms with E-state index in [1.54, 1.807) is 24.3 Å². The van der Waals surface area contributed by atoms with E-state index in [2.05, 4.69) is 74.4 Å². The first-order valence-corrected chi connectivity index (χ1v) is 27.7. The van der Waals surface area contributed by atoms with Gasteiger partial charge >= 0.3 is 11.9 Å². The van der Waals surface area contributed by atoms with Gasteiger partial charge in [0.2, 0.25) is 0 Å². The highest BCUT2D eigenvalue weighted by Gasteiger charge is 2.57. The van der Waals surface area contributed by atoms with Crippen molar-refractivity contribution in [2.45, 2.75) is 228 Å². The van der Waals surface area contributed by atoms with Crippen LogP contribution in [0.15, 0.2) is 72.8 Å². The van der Waals surface area contributed by atoms with E-state index in [1.165, 1.54) is 68.1 Å². The van der Waals surface area contributed by atoms with Crippen LogP contribution in [-0.2, 0) is 23.8 Å². The van der Waals surface area contributed by atoms with Gasteiger partial charge in [-0.05, 0) is 212 Å². The summed E-state index contributed by atoms with van der Waals surface area (Å²) in [5, 5.41) is 18.0. The second-order valence-electron chi connectivity index (χ2n) is 21.8. The topological polar surface area (TPSA) is 112 Å². The van der Waals surface area contributed by atoms with Crippen molar-refractivity contribution in [2.75, 3.05) is 6.61 Å². The lowest BCUT2D eigenvalue weighted by molar-refractivity contribution is -0.206. The average Bonchev–Trinajstić information content (AvgIpc) is 3.35. The average molecular weight is 971 g/mol. The Kier molecular flexibility index (Phi) is 25.9. The van der Waals surface area contributed by atoms with Gasteiger partial charge in [0.25, 0.3) is 0 Å². The van der Waals surface area contributed by atoms with Gasteiger partial charge < -0.3 is 29.2 Å². The Hall–Kier alpha value is -4.04. The molecule has 0 heterocycles. The molecule has 0 aromatic heterocycles. The van der Waals surface area contributed by atoms with Crippen molar-refractivity contribution in [2.24, 2.45) is 35.5 Å². The molecule has 8 rings (SSSR count). The molecular formula is C62H98O8. The lowest BCUT2D eigenvalue weighted by Gasteiger charge is -2.59. The second-order valence-corrected chi connectivity index (χ2v) is 21.8. The van der Waals surface area contributed by atoms with Crippen molar-refractivity contribution >= 4 is 11.9 Å². The minimum atomic E-state index is -0.181. The number of benzene rings is 3. The molecule has 5 aliphatic carbocycles. The number of carbonyl (C=O) groups is 2. The molecule has 5 saturated carbocycles. The number of phenols is 2. The van der Waals surface area contributed by atoms with Crippen molar-refractivity contribution < 1.29 is 38.7 Å². The lowest BCUT2D eigenvalue weighted by atomic mass is 9.50. The summed E-state index contributed by atoms with van der Waals surface area (Å²) in [5.41, 5.74) is 3.64. The van der Waals surface area contributed by atoms with E-state index in [0.29, 0.717) is 47.7 Å². The van der Waals surface area contributed by atoms with Gasteiger partial charge in [-0.15, -0.1) is 0 Å². The van der Waals surface area contributed by atoms with Crippen LogP contribution in [0.25, 0.3) is 0 Å². The van der Waals surface area contributed by atoms with Crippen LogP contribution in [0, 0.1) is 35.5 Å². The SMILES string of the molecule is CCC(C)C(=O)OC1(C)C2CC3CC(C2)CC1C3.CCC(C)C(=O)OC1(C)CCCCC1.CCC(C)c1ccc(O)cc1.CCC(C)c1ccc(O)cc1.CCOC(C)Oc1ccc(C(C)CC)cc1. The molecule has 0 aliphatic heterocycles. The van der Waals surface area contributed by atoms with Crippen molar-refractivity contribution in [3.63, 3.8) is 0 Å². The maximum absolute atomic E-state index is 12.1. The van der Waals surface area contributed by atoms with E-state index >= 15 is 0 Å². The molecule has 70 heavy (non-hydrogen) atoms. The highest BCUT2D eigenvalue weighted by Crippen LogP contribution is 2.59. The minimum absolute atomic E-state index is 0.0168. The molecule has 3 aromatic rings. The standard InChI is InChI=1S/C16H26O2.C14H22O2.C12H22O2.2C10H14O/c1-4-10(2)15(17)18-16(3)13-6-11-5-12(8-13)9-14(16)7-11;1-5-11(3)13-7-9-14(10-8-13)16-12(4)15-6-2;1-4-10(2)11(13)14-12(3)8-6-5-7-9-12;2*1-3-8(2)9-4-6-10(11)7-5-9/h10-14H,4-9H2,1-3H3;7-12H,5-6H2,1-4H3;10H,4-9H2,1-3H3;2*4-8,11H,3H2,1-2H3. The van der Waals surface area contributed by atoms with E-state index in [-0.39, 0.29) is 41.3 Å². The van der Waals surface area contributed by atoms with Gasteiger partial charge in [0, 0.05) is 6.61 Å². The van der Waals surface area contributed by atoms with Crippen LogP contribution in [0.4, 0.5) is 0 Å². The predicted molar refractivity (Wildman–Crippen MR) is 289 cm³/mol. The molecule has 5 fully saturated rings. The van der Waals surface area contributed by atoms with Gasteiger partial charge in [-0.25, -0.2) is 0 Å². The summed E-state index contributed by atoms with van der Waals surface area (Å²) in [5.74, 6) is 6.62. The Balaban J connectivity index is 0.000000235. The molecule has 6 atom stereocenters. The van der Waals surface area contributed by atoms with Crippen molar-refractivity contribution in [1.82, 2.24) is 0 Å². The van der Waals surface area contributed by atoms with Gasteiger partial charge in [0.15, 0.2) is 6.29 Å². The quantitative estimate of drug-likeness (QED) is 0.108.